The monoisotopic (exact) mass is 501 g/mol. The van der Waals surface area contributed by atoms with E-state index in [0.717, 1.165) is 42.5 Å². The quantitative estimate of drug-likeness (QED) is 0.431. The predicted molar refractivity (Wildman–Crippen MR) is 110 cm³/mol. The zero-order chi connectivity index (χ0) is 23.9. The molecule has 0 aliphatic carbocycles. The maximum absolute atomic E-state index is 12.8. The second kappa shape index (κ2) is 7.81. The molecule has 1 aliphatic heterocycles. The average Bonchev–Trinajstić information content (AvgIpc) is 3.08. The van der Waals surface area contributed by atoms with Crippen LogP contribution in [0.1, 0.15) is 0 Å². The van der Waals surface area contributed by atoms with Crippen LogP contribution in [-0.4, -0.2) is 35.1 Å². The molecule has 0 fully saturated rings. The van der Waals surface area contributed by atoms with Gasteiger partial charge in [0.15, 0.2) is 9.84 Å². The maximum atomic E-state index is 12.8. The fourth-order valence-corrected chi connectivity index (χ4v) is 6.53. The third-order valence-electron chi connectivity index (χ3n) is 4.07. The molecule has 32 heavy (non-hydrogen) atoms. The Morgan fingerprint density at radius 2 is 1.53 bits per heavy atom. The number of hydrogen-bond donors (Lipinski definition) is 1. The van der Waals surface area contributed by atoms with E-state index in [1.54, 1.807) is 0 Å². The van der Waals surface area contributed by atoms with Crippen molar-refractivity contribution >= 4 is 46.8 Å². The average molecular weight is 501 g/mol. The minimum atomic E-state index is -4.54. The van der Waals surface area contributed by atoms with Gasteiger partial charge < -0.3 is 0 Å². The third-order valence-corrected chi connectivity index (χ3v) is 8.43. The van der Waals surface area contributed by atoms with Crippen LogP contribution in [0.15, 0.2) is 74.1 Å². The summed E-state index contributed by atoms with van der Waals surface area (Å²) in [6.45, 7) is 0. The molecule has 0 radical (unpaired) electrons. The van der Waals surface area contributed by atoms with Crippen molar-refractivity contribution in [3.8, 4) is 0 Å². The lowest BCUT2D eigenvalue weighted by atomic mass is 10.3. The number of rotatable bonds is 7. The number of nitro groups is 2. The van der Waals surface area contributed by atoms with Crippen LogP contribution in [0.4, 0.5) is 17.1 Å². The van der Waals surface area contributed by atoms with Crippen molar-refractivity contribution in [1.82, 2.24) is 0 Å². The van der Waals surface area contributed by atoms with Crippen LogP contribution in [0.25, 0.3) is 0 Å². The summed E-state index contributed by atoms with van der Waals surface area (Å²) in [7, 11) is -12.9. The fourth-order valence-electron chi connectivity index (χ4n) is 2.58. The van der Waals surface area contributed by atoms with E-state index in [2.05, 4.69) is 0 Å². The molecule has 0 saturated heterocycles. The summed E-state index contributed by atoms with van der Waals surface area (Å²) >= 11 is 0. The molecule has 1 aliphatic rings. The lowest BCUT2D eigenvalue weighted by Gasteiger charge is -2.10. The molecule has 0 unspecified atom stereocenters. The minimum Gasteiger partial charge on any atom is -0.273 e. The van der Waals surface area contributed by atoms with E-state index in [4.69, 9.17) is 0 Å². The van der Waals surface area contributed by atoms with Crippen LogP contribution in [0, 0.1) is 20.2 Å². The van der Waals surface area contributed by atoms with Crippen molar-refractivity contribution in [2.45, 2.75) is 9.79 Å². The van der Waals surface area contributed by atoms with Crippen LogP contribution in [0.5, 0.6) is 0 Å². The van der Waals surface area contributed by atoms with E-state index in [9.17, 15) is 45.5 Å². The van der Waals surface area contributed by atoms with E-state index in [1.165, 1.54) is 0 Å². The molecule has 2 aromatic carbocycles. The SMILES string of the molecule is O=[N+]([O-])c1cccc(S(=O)(=O)c2ccc(NS(=O)(=O)C3=CS(=O)(=O)C=C3)c([N+](=O)[O-])c2)c1. The zero-order valence-electron chi connectivity index (χ0n) is 15.5. The van der Waals surface area contributed by atoms with E-state index >= 15 is 0 Å². The van der Waals surface area contributed by atoms with Gasteiger partial charge in [0.05, 0.1) is 30.0 Å². The van der Waals surface area contributed by atoms with Gasteiger partial charge in [0.25, 0.3) is 21.4 Å². The zero-order valence-corrected chi connectivity index (χ0v) is 17.9. The molecule has 0 aromatic heterocycles. The van der Waals surface area contributed by atoms with Gasteiger partial charge in [-0.15, -0.1) is 0 Å². The Morgan fingerprint density at radius 3 is 2.09 bits per heavy atom. The first-order valence-corrected chi connectivity index (χ1v) is 12.8. The number of nitrogens with zero attached hydrogens (tertiary/aromatic N) is 2. The van der Waals surface area contributed by atoms with Gasteiger partial charge in [0.1, 0.15) is 5.69 Å². The molecular weight excluding hydrogens is 490 g/mol. The summed E-state index contributed by atoms with van der Waals surface area (Å²) in [4.78, 5) is 18.7. The number of non-ortho nitro benzene ring substituents is 1. The van der Waals surface area contributed by atoms with Gasteiger partial charge in [-0.05, 0) is 24.3 Å². The summed E-state index contributed by atoms with van der Waals surface area (Å²) in [6.07, 6.45) is 0.782. The lowest BCUT2D eigenvalue weighted by molar-refractivity contribution is -0.385. The van der Waals surface area contributed by atoms with Crippen molar-refractivity contribution < 1.29 is 35.1 Å². The van der Waals surface area contributed by atoms with Gasteiger partial charge in [-0.25, -0.2) is 25.3 Å². The highest BCUT2D eigenvalue weighted by Gasteiger charge is 2.29. The number of nitrogens with one attached hydrogen (secondary N) is 1. The molecule has 0 bridgehead atoms. The highest BCUT2D eigenvalue weighted by molar-refractivity contribution is 8.01. The third kappa shape index (κ3) is 4.51. The van der Waals surface area contributed by atoms with Crippen LogP contribution < -0.4 is 4.72 Å². The first-order chi connectivity index (χ1) is 14.7. The Bertz CT molecular complexity index is 1540. The molecule has 3 rings (SSSR count). The first kappa shape index (κ1) is 23.0. The molecule has 13 nitrogen and oxygen atoms in total. The normalized spacial score (nSPS) is 15.2. The summed E-state index contributed by atoms with van der Waals surface area (Å²) in [6, 6.07) is 6.29. The van der Waals surface area contributed by atoms with Crippen molar-refractivity contribution in [2.75, 3.05) is 4.72 Å². The van der Waals surface area contributed by atoms with E-state index < -0.39 is 71.3 Å². The molecule has 1 heterocycles. The predicted octanol–water partition coefficient (Wildman–Crippen LogP) is 1.86. The summed E-state index contributed by atoms with van der Waals surface area (Å²) in [5, 5.41) is 23.4. The van der Waals surface area contributed by atoms with Gasteiger partial charge in [-0.2, -0.15) is 0 Å². The van der Waals surface area contributed by atoms with Gasteiger partial charge >= 0.3 is 0 Å². The Balaban J connectivity index is 2.05. The number of hydrogen-bond acceptors (Lipinski definition) is 10. The molecule has 168 valence electrons. The van der Waals surface area contributed by atoms with Gasteiger partial charge in [-0.1, -0.05) is 6.07 Å². The van der Waals surface area contributed by atoms with E-state index in [1.807, 2.05) is 4.72 Å². The molecule has 0 amide bonds. The molecule has 2 aromatic rings. The number of allylic oxidation sites excluding steroid dienone is 1. The second-order valence-corrected chi connectivity index (χ2v) is 11.5. The number of nitro benzene ring substituents is 2. The summed E-state index contributed by atoms with van der Waals surface area (Å²) in [5.41, 5.74) is -2.07. The molecule has 16 heteroatoms. The first-order valence-electron chi connectivity index (χ1n) is 8.19. The van der Waals surface area contributed by atoms with Crippen LogP contribution >= 0.6 is 0 Å². The molecule has 0 atom stereocenters. The van der Waals surface area contributed by atoms with Crippen LogP contribution in [0.3, 0.4) is 0 Å². The Labute approximate surface area is 180 Å². The topological polar surface area (TPSA) is 201 Å². The Kier molecular flexibility index (Phi) is 5.62. The highest BCUT2D eigenvalue weighted by atomic mass is 32.2. The van der Waals surface area contributed by atoms with Crippen molar-refractivity contribution in [3.05, 3.63) is 84.5 Å². The highest BCUT2D eigenvalue weighted by Crippen LogP contribution is 2.33. The Hall–Kier alpha value is -3.63. The molecule has 1 N–H and O–H groups in total. The largest absolute Gasteiger partial charge is 0.294 e. The van der Waals surface area contributed by atoms with Crippen LogP contribution in [0.2, 0.25) is 0 Å². The van der Waals surface area contributed by atoms with Crippen molar-refractivity contribution in [3.63, 3.8) is 0 Å². The Morgan fingerprint density at radius 1 is 0.875 bits per heavy atom. The number of sulfonamides is 1. The van der Waals surface area contributed by atoms with Gasteiger partial charge in [-0.3, -0.25) is 25.0 Å². The minimum absolute atomic E-state index is 0.447. The van der Waals surface area contributed by atoms with Gasteiger partial charge in [0.2, 0.25) is 9.84 Å². The summed E-state index contributed by atoms with van der Waals surface area (Å²) < 4.78 is 75.0. The van der Waals surface area contributed by atoms with Crippen LogP contribution in [-0.2, 0) is 29.7 Å². The molecular formula is C16H11N3O10S3. The fraction of sp³-hybridized carbons (Fsp3) is 0. The van der Waals surface area contributed by atoms with Crippen molar-refractivity contribution in [2.24, 2.45) is 0 Å². The standard InChI is InChI=1S/C16H11N3O10S3/c20-18(21)11-2-1-3-12(8-11)31(26,27)13-4-5-15(16(9-13)19(22)23)17-32(28,29)14-6-7-30(24,25)10-14/h1-10,17H. The number of benzene rings is 2. The van der Waals surface area contributed by atoms with E-state index in [-0.39, 0.29) is 0 Å². The maximum Gasteiger partial charge on any atom is 0.294 e. The summed E-state index contributed by atoms with van der Waals surface area (Å²) in [5.74, 6) is 0. The smallest absolute Gasteiger partial charge is 0.273 e. The van der Waals surface area contributed by atoms with Gasteiger partial charge in [0, 0.05) is 23.6 Å². The number of sulfone groups is 2. The number of anilines is 1. The molecule has 0 saturated carbocycles. The van der Waals surface area contributed by atoms with Crippen molar-refractivity contribution in [1.29, 1.82) is 0 Å². The second-order valence-electron chi connectivity index (χ2n) is 6.21. The lowest BCUT2D eigenvalue weighted by Crippen LogP contribution is -2.15. The molecule has 0 spiro atoms. The van der Waals surface area contributed by atoms with E-state index in [0.29, 0.717) is 16.9 Å².